The van der Waals surface area contributed by atoms with Crippen LogP contribution in [0, 0.1) is 0 Å². The van der Waals surface area contributed by atoms with Gasteiger partial charge in [-0.2, -0.15) is 0 Å². The first-order valence-electron chi connectivity index (χ1n) is 6.81. The van der Waals surface area contributed by atoms with Gasteiger partial charge in [-0.3, -0.25) is 0 Å². The zero-order chi connectivity index (χ0) is 14.8. The van der Waals surface area contributed by atoms with Gasteiger partial charge in [-0.1, -0.05) is 50.6 Å². The fourth-order valence-corrected chi connectivity index (χ4v) is 3.15. The Morgan fingerprint density at radius 3 is 2.60 bits per heavy atom. The number of halogens is 1. The summed E-state index contributed by atoms with van der Waals surface area (Å²) < 4.78 is 0. The van der Waals surface area contributed by atoms with Crippen molar-refractivity contribution >= 4 is 22.9 Å². The Balaban J connectivity index is 1.99. The topological polar surface area (TPSA) is 24.9 Å². The number of nitrogens with one attached hydrogen (secondary N) is 1. The highest BCUT2D eigenvalue weighted by Crippen LogP contribution is 2.27. The maximum Gasteiger partial charge on any atom is 0.0981 e. The van der Waals surface area contributed by atoms with E-state index < -0.39 is 0 Å². The van der Waals surface area contributed by atoms with Gasteiger partial charge in [0.15, 0.2) is 0 Å². The van der Waals surface area contributed by atoms with Crippen molar-refractivity contribution in [2.75, 3.05) is 0 Å². The third-order valence-electron chi connectivity index (χ3n) is 3.15. The first-order chi connectivity index (χ1) is 9.38. The number of benzene rings is 1. The summed E-state index contributed by atoms with van der Waals surface area (Å²) in [5, 5.41) is 5.50. The van der Waals surface area contributed by atoms with Gasteiger partial charge in [-0.05, 0) is 18.6 Å². The van der Waals surface area contributed by atoms with Crippen LogP contribution >= 0.6 is 22.9 Å². The molecule has 1 atom stereocenters. The molecule has 0 spiro atoms. The first-order valence-corrected chi connectivity index (χ1v) is 8.00. The molecule has 4 heteroatoms. The lowest BCUT2D eigenvalue weighted by Crippen LogP contribution is -2.17. The molecule has 0 amide bonds. The third kappa shape index (κ3) is 3.81. The zero-order valence-corrected chi connectivity index (χ0v) is 14.0. The van der Waals surface area contributed by atoms with Crippen LogP contribution in [0.1, 0.15) is 49.2 Å². The van der Waals surface area contributed by atoms with Crippen molar-refractivity contribution in [3.8, 4) is 0 Å². The molecule has 20 heavy (non-hydrogen) atoms. The number of rotatable bonds is 4. The Hall–Kier alpha value is -0.900. The lowest BCUT2D eigenvalue weighted by Gasteiger charge is -2.15. The van der Waals surface area contributed by atoms with Gasteiger partial charge >= 0.3 is 0 Å². The van der Waals surface area contributed by atoms with Crippen LogP contribution in [0.5, 0.6) is 0 Å². The van der Waals surface area contributed by atoms with Crippen LogP contribution in [0.25, 0.3) is 0 Å². The summed E-state index contributed by atoms with van der Waals surface area (Å²) in [5.74, 6) is 0. The van der Waals surface area contributed by atoms with Crippen molar-refractivity contribution in [3.63, 3.8) is 0 Å². The van der Waals surface area contributed by atoms with Crippen molar-refractivity contribution in [3.05, 3.63) is 50.9 Å². The summed E-state index contributed by atoms with van der Waals surface area (Å²) in [5.41, 5.74) is 1.26. The molecule has 0 saturated carbocycles. The van der Waals surface area contributed by atoms with E-state index in [9.17, 15) is 0 Å². The summed E-state index contributed by atoms with van der Waals surface area (Å²) in [4.78, 5) is 5.77. The summed E-state index contributed by atoms with van der Waals surface area (Å²) in [6.07, 6.45) is 1.97. The van der Waals surface area contributed by atoms with E-state index >= 15 is 0 Å². The van der Waals surface area contributed by atoms with E-state index in [1.807, 2.05) is 24.4 Å². The second kappa shape index (κ2) is 6.25. The normalized spacial score (nSPS) is 13.4. The predicted molar refractivity (Wildman–Crippen MR) is 87.5 cm³/mol. The number of thiazole rings is 1. The molecular formula is C16H21ClN2S. The molecule has 0 aliphatic heterocycles. The largest absolute Gasteiger partial charge is 0.305 e. The van der Waals surface area contributed by atoms with Gasteiger partial charge in [0.05, 0.1) is 5.01 Å². The molecular weight excluding hydrogens is 288 g/mol. The second-order valence-corrected chi connectivity index (χ2v) is 7.53. The lowest BCUT2D eigenvalue weighted by molar-refractivity contribution is 0.578. The first kappa shape index (κ1) is 15.5. The van der Waals surface area contributed by atoms with E-state index in [-0.39, 0.29) is 11.5 Å². The third-order valence-corrected chi connectivity index (χ3v) is 4.92. The minimum Gasteiger partial charge on any atom is -0.305 e. The maximum atomic E-state index is 6.22. The van der Waals surface area contributed by atoms with E-state index in [2.05, 4.69) is 44.1 Å². The van der Waals surface area contributed by atoms with Crippen LogP contribution in [0.2, 0.25) is 5.02 Å². The zero-order valence-electron chi connectivity index (χ0n) is 12.4. The molecule has 1 aromatic carbocycles. The highest BCUT2D eigenvalue weighted by molar-refractivity contribution is 7.11. The van der Waals surface area contributed by atoms with Crippen molar-refractivity contribution < 1.29 is 0 Å². The van der Waals surface area contributed by atoms with Gasteiger partial charge in [-0.25, -0.2) is 4.98 Å². The predicted octanol–water partition coefficient (Wildman–Crippen LogP) is 4.94. The van der Waals surface area contributed by atoms with Crippen molar-refractivity contribution in [2.45, 2.75) is 45.7 Å². The van der Waals surface area contributed by atoms with Gasteiger partial charge in [0, 0.05) is 34.1 Å². The highest BCUT2D eigenvalue weighted by Gasteiger charge is 2.18. The van der Waals surface area contributed by atoms with E-state index in [1.54, 1.807) is 11.3 Å². The molecule has 2 aromatic rings. The maximum absolute atomic E-state index is 6.22. The summed E-state index contributed by atoms with van der Waals surface area (Å²) in [6, 6.07) is 8.19. The molecule has 2 nitrogen and oxygen atoms in total. The summed E-state index contributed by atoms with van der Waals surface area (Å²) in [7, 11) is 0. The fraction of sp³-hybridized carbons (Fsp3) is 0.438. The number of nitrogens with zero attached hydrogens (tertiary/aromatic N) is 1. The van der Waals surface area contributed by atoms with Crippen LogP contribution in [0.4, 0.5) is 0 Å². The molecule has 0 bridgehead atoms. The summed E-state index contributed by atoms with van der Waals surface area (Å²) in [6.45, 7) is 9.52. The van der Waals surface area contributed by atoms with E-state index in [4.69, 9.17) is 11.6 Å². The van der Waals surface area contributed by atoms with Gasteiger partial charge in [0.25, 0.3) is 0 Å². The number of aromatic nitrogens is 1. The molecule has 0 fully saturated rings. The van der Waals surface area contributed by atoms with E-state index in [0.29, 0.717) is 0 Å². The molecule has 0 unspecified atom stereocenters. The van der Waals surface area contributed by atoms with Gasteiger partial charge in [0.2, 0.25) is 0 Å². The minimum absolute atomic E-state index is 0.122. The number of hydrogen-bond acceptors (Lipinski definition) is 3. The standard InChI is InChI=1S/C16H21ClN2S/c1-11(13-7-5-6-8-14(13)17)18-9-12-10-19-15(20-12)16(2,3)4/h5-8,10-11,18H,9H2,1-4H3/t11-/m0/s1. The molecule has 1 aromatic heterocycles. The average molecular weight is 309 g/mol. The molecule has 1 N–H and O–H groups in total. The van der Waals surface area contributed by atoms with Crippen LogP contribution in [0.15, 0.2) is 30.5 Å². The van der Waals surface area contributed by atoms with Gasteiger partial charge in [0.1, 0.15) is 0 Å². The Bertz CT molecular complexity index is 572. The van der Waals surface area contributed by atoms with Crippen molar-refractivity contribution in [1.29, 1.82) is 0 Å². The molecule has 0 aliphatic rings. The highest BCUT2D eigenvalue weighted by atomic mass is 35.5. The van der Waals surface area contributed by atoms with Gasteiger partial charge < -0.3 is 5.32 Å². The Kier molecular flexibility index (Phi) is 4.84. The molecule has 1 heterocycles. The molecule has 108 valence electrons. The average Bonchev–Trinajstić information content (AvgIpc) is 2.85. The van der Waals surface area contributed by atoms with Crippen LogP contribution < -0.4 is 5.32 Å². The van der Waals surface area contributed by atoms with Crippen LogP contribution in [0.3, 0.4) is 0 Å². The quantitative estimate of drug-likeness (QED) is 0.865. The Morgan fingerprint density at radius 2 is 2.00 bits per heavy atom. The second-order valence-electron chi connectivity index (χ2n) is 6.01. The Morgan fingerprint density at radius 1 is 1.30 bits per heavy atom. The SMILES string of the molecule is C[C@H](NCc1cnc(C(C)(C)C)s1)c1ccccc1Cl. The molecule has 0 aliphatic carbocycles. The van der Waals surface area contributed by atoms with Gasteiger partial charge in [-0.15, -0.1) is 11.3 Å². The molecule has 0 radical (unpaired) electrons. The minimum atomic E-state index is 0.122. The van der Waals surface area contributed by atoms with E-state index in [0.717, 1.165) is 17.1 Å². The molecule has 0 saturated heterocycles. The number of hydrogen-bond donors (Lipinski definition) is 1. The van der Waals surface area contributed by atoms with Crippen LogP contribution in [-0.4, -0.2) is 4.98 Å². The lowest BCUT2D eigenvalue weighted by atomic mass is 9.98. The smallest absolute Gasteiger partial charge is 0.0981 e. The van der Waals surface area contributed by atoms with Crippen molar-refractivity contribution in [1.82, 2.24) is 10.3 Å². The van der Waals surface area contributed by atoms with E-state index in [1.165, 1.54) is 9.88 Å². The fourth-order valence-electron chi connectivity index (χ4n) is 1.93. The summed E-state index contributed by atoms with van der Waals surface area (Å²) >= 11 is 7.99. The van der Waals surface area contributed by atoms with Crippen LogP contribution in [-0.2, 0) is 12.0 Å². The van der Waals surface area contributed by atoms with Crippen molar-refractivity contribution in [2.24, 2.45) is 0 Å². The Labute approximate surface area is 130 Å². The monoisotopic (exact) mass is 308 g/mol. The molecule has 2 rings (SSSR count).